The van der Waals surface area contributed by atoms with E-state index in [0.29, 0.717) is 0 Å². The molecule has 14 heteroatoms. The molecule has 0 bridgehead atoms. The van der Waals surface area contributed by atoms with Crippen LogP contribution in [0.5, 0.6) is 0 Å². The van der Waals surface area contributed by atoms with Crippen molar-refractivity contribution in [2.24, 2.45) is 0 Å². The van der Waals surface area contributed by atoms with Crippen molar-refractivity contribution in [1.82, 2.24) is 9.97 Å². The van der Waals surface area contributed by atoms with E-state index in [1.807, 2.05) is 24.3 Å². The lowest BCUT2D eigenvalue weighted by Gasteiger charge is -2.36. The van der Waals surface area contributed by atoms with Gasteiger partial charge in [-0.15, -0.1) is 0 Å². The topological polar surface area (TPSA) is 220 Å². The van der Waals surface area contributed by atoms with Gasteiger partial charge in [-0.3, -0.25) is 0 Å². The molecule has 0 radical (unpaired) electrons. The van der Waals surface area contributed by atoms with Gasteiger partial charge in [0.2, 0.25) is 0 Å². The van der Waals surface area contributed by atoms with Crippen molar-refractivity contribution >= 4 is 23.6 Å². The largest absolute Gasteiger partial charge is 0.476 e. The number of rotatable bonds is 4. The second-order valence-electron chi connectivity index (χ2n) is 6.73. The van der Waals surface area contributed by atoms with Gasteiger partial charge in [0, 0.05) is 0 Å². The summed E-state index contributed by atoms with van der Waals surface area (Å²) in [4.78, 5) is 34.4. The summed E-state index contributed by atoms with van der Waals surface area (Å²) in [5, 5.41) is 56.1. The lowest BCUT2D eigenvalue weighted by atomic mass is 10.2. The third-order valence-corrected chi connectivity index (χ3v) is 4.64. The maximum atomic E-state index is 11.9. The van der Waals surface area contributed by atoms with Crippen LogP contribution in [0.15, 0.2) is 0 Å². The number of carboxylic acids is 2. The number of hydrogen-bond acceptors (Lipinski definition) is 12. The molecule has 1 aromatic heterocycles. The Balaban J connectivity index is 2.11. The molecule has 162 valence electrons. The fourth-order valence-electron chi connectivity index (χ4n) is 3.29. The highest BCUT2D eigenvalue weighted by molar-refractivity contribution is 5.96. The zero-order valence-electron chi connectivity index (χ0n) is 16.2. The van der Waals surface area contributed by atoms with E-state index in [0.717, 1.165) is 0 Å². The minimum atomic E-state index is -1.53. The monoisotopic (exact) mass is 438 g/mol. The van der Waals surface area contributed by atoms with Crippen LogP contribution in [-0.4, -0.2) is 82.7 Å². The quantitative estimate of drug-likeness (QED) is 0.582. The van der Waals surface area contributed by atoms with Crippen molar-refractivity contribution in [3.63, 3.8) is 0 Å². The Morgan fingerprint density at radius 2 is 1.00 bits per heavy atom. The van der Waals surface area contributed by atoms with E-state index in [2.05, 4.69) is 9.97 Å². The summed E-state index contributed by atoms with van der Waals surface area (Å²) < 4.78 is 10.4. The Bertz CT molecular complexity index is 981. The first kappa shape index (κ1) is 22.2. The average molecular weight is 438 g/mol. The molecule has 2 saturated heterocycles. The summed E-state index contributed by atoms with van der Waals surface area (Å²) >= 11 is 0. The van der Waals surface area contributed by atoms with Gasteiger partial charge in [0.1, 0.15) is 0 Å². The van der Waals surface area contributed by atoms with Crippen LogP contribution >= 0.6 is 0 Å². The van der Waals surface area contributed by atoms with Gasteiger partial charge in [0.25, 0.3) is 0 Å². The van der Waals surface area contributed by atoms with Crippen molar-refractivity contribution in [3.05, 3.63) is 11.4 Å². The number of nitriles is 4. The number of ether oxygens (including phenoxy) is 2. The first-order valence-electron chi connectivity index (χ1n) is 9.09. The van der Waals surface area contributed by atoms with E-state index in [9.17, 15) is 40.8 Å². The molecule has 1 aromatic rings. The average Bonchev–Trinajstić information content (AvgIpc) is 2.82. The molecular weight excluding hydrogens is 424 g/mol. The molecule has 14 nitrogen and oxygen atoms in total. The summed E-state index contributed by atoms with van der Waals surface area (Å²) in [6, 6.07) is 7.32. The van der Waals surface area contributed by atoms with Crippen LogP contribution in [0.3, 0.4) is 0 Å². The molecule has 2 aliphatic heterocycles. The summed E-state index contributed by atoms with van der Waals surface area (Å²) in [6.07, 6.45) is -4.29. The SMILES string of the molecule is N#CC1CN(c2nc(C(=O)O)c(N3CC(C#N)OC(C#N)C3)nc2C(=O)O)CC(C#N)O1. The van der Waals surface area contributed by atoms with Crippen LogP contribution in [0.1, 0.15) is 21.0 Å². The first-order chi connectivity index (χ1) is 15.3. The highest BCUT2D eigenvalue weighted by Gasteiger charge is 2.36. The summed E-state index contributed by atoms with van der Waals surface area (Å²) in [6.45, 7) is -0.640. The third kappa shape index (κ3) is 4.32. The summed E-state index contributed by atoms with van der Waals surface area (Å²) in [7, 11) is 0. The van der Waals surface area contributed by atoms with Crippen LogP contribution in [0.25, 0.3) is 0 Å². The second kappa shape index (κ2) is 9.11. The van der Waals surface area contributed by atoms with Crippen molar-refractivity contribution in [2.45, 2.75) is 24.4 Å². The molecule has 3 heterocycles. The van der Waals surface area contributed by atoms with Crippen LogP contribution in [0.2, 0.25) is 0 Å². The molecule has 2 N–H and O–H groups in total. The van der Waals surface area contributed by atoms with Crippen molar-refractivity contribution in [1.29, 1.82) is 21.0 Å². The Morgan fingerprint density at radius 1 is 0.719 bits per heavy atom. The number of anilines is 2. The Kier molecular flexibility index (Phi) is 6.32. The zero-order valence-corrected chi connectivity index (χ0v) is 16.2. The highest BCUT2D eigenvalue weighted by atomic mass is 16.5. The minimum Gasteiger partial charge on any atom is -0.476 e. The molecule has 4 atom stereocenters. The number of carbonyl (C=O) groups is 2. The Labute approximate surface area is 180 Å². The van der Waals surface area contributed by atoms with Gasteiger partial charge < -0.3 is 29.5 Å². The van der Waals surface area contributed by atoms with Gasteiger partial charge in [0.05, 0.1) is 50.5 Å². The maximum Gasteiger partial charge on any atom is 0.358 e. The Morgan fingerprint density at radius 3 is 1.22 bits per heavy atom. The van der Waals surface area contributed by atoms with E-state index in [1.54, 1.807) is 0 Å². The predicted molar refractivity (Wildman–Crippen MR) is 100 cm³/mol. The Hall–Kier alpha value is -4.50. The zero-order chi connectivity index (χ0) is 23.4. The summed E-state index contributed by atoms with van der Waals surface area (Å²) in [5.74, 6) is -3.74. The normalized spacial score (nSPS) is 25.0. The molecular formula is C18H14N8O6. The fraction of sp³-hybridized carbons (Fsp3) is 0.444. The van der Waals surface area contributed by atoms with Gasteiger partial charge in [-0.25, -0.2) is 19.6 Å². The molecule has 32 heavy (non-hydrogen) atoms. The van der Waals surface area contributed by atoms with Crippen LogP contribution in [0, 0.1) is 45.3 Å². The maximum absolute atomic E-state index is 11.9. The van der Waals surface area contributed by atoms with Gasteiger partial charge in [-0.2, -0.15) is 21.0 Å². The van der Waals surface area contributed by atoms with Gasteiger partial charge in [0.15, 0.2) is 47.4 Å². The lowest BCUT2D eigenvalue weighted by Crippen LogP contribution is -2.49. The number of aromatic carboxylic acids is 2. The molecule has 0 saturated carbocycles. The molecule has 0 spiro atoms. The van der Waals surface area contributed by atoms with E-state index in [1.165, 1.54) is 9.80 Å². The number of carboxylic acid groups (broad SMARTS) is 2. The standard InChI is InChI=1S/C18H14N8O6/c19-1-9-5-25(6-10(2-20)31-9)15-13(17(27)28)24-16(14(23-15)18(29)30)26-7-11(3-21)32-12(4-22)8-26/h9-12H,5-8H2,(H,27,28)(H,29,30). The van der Waals surface area contributed by atoms with E-state index in [4.69, 9.17) is 9.47 Å². The first-order valence-corrected chi connectivity index (χ1v) is 9.09. The van der Waals surface area contributed by atoms with E-state index >= 15 is 0 Å². The molecule has 2 aliphatic rings. The molecule has 3 rings (SSSR count). The van der Waals surface area contributed by atoms with E-state index in [-0.39, 0.29) is 37.8 Å². The molecule has 0 aromatic carbocycles. The van der Waals surface area contributed by atoms with Gasteiger partial charge >= 0.3 is 11.9 Å². The number of hydrogen-bond donors (Lipinski definition) is 2. The van der Waals surface area contributed by atoms with Gasteiger partial charge in [-0.1, -0.05) is 0 Å². The lowest BCUT2D eigenvalue weighted by molar-refractivity contribution is 0.0338. The molecule has 0 aliphatic carbocycles. The minimum absolute atomic E-state index is 0.160. The highest BCUT2D eigenvalue weighted by Crippen LogP contribution is 2.28. The number of aromatic nitrogens is 2. The van der Waals surface area contributed by atoms with Gasteiger partial charge in [-0.05, 0) is 0 Å². The third-order valence-electron chi connectivity index (χ3n) is 4.64. The van der Waals surface area contributed by atoms with Crippen molar-refractivity contribution in [2.75, 3.05) is 36.0 Å². The molecule has 4 unspecified atom stereocenters. The number of morpholine rings is 2. The second-order valence-corrected chi connectivity index (χ2v) is 6.73. The molecule has 0 amide bonds. The predicted octanol–water partition coefficient (Wildman–Crippen LogP) is -0.885. The fourth-order valence-corrected chi connectivity index (χ4v) is 3.29. The number of nitrogens with zero attached hydrogens (tertiary/aromatic N) is 8. The van der Waals surface area contributed by atoms with Crippen LogP contribution in [-0.2, 0) is 9.47 Å². The van der Waals surface area contributed by atoms with Crippen molar-refractivity contribution in [3.8, 4) is 24.3 Å². The smallest absolute Gasteiger partial charge is 0.358 e. The van der Waals surface area contributed by atoms with Crippen molar-refractivity contribution < 1.29 is 29.3 Å². The van der Waals surface area contributed by atoms with Crippen LogP contribution in [0.4, 0.5) is 11.6 Å². The molecule has 2 fully saturated rings. The van der Waals surface area contributed by atoms with E-state index < -0.39 is 47.7 Å². The summed E-state index contributed by atoms with van der Waals surface area (Å²) in [5.41, 5.74) is -1.23. The van der Waals surface area contributed by atoms with Crippen LogP contribution < -0.4 is 9.80 Å².